The number of pyridine rings is 1. The number of rotatable bonds is 6. The molecule has 1 N–H and O–H groups in total. The lowest BCUT2D eigenvalue weighted by atomic mass is 10.2. The molecule has 0 aliphatic heterocycles. The van der Waals surface area contributed by atoms with E-state index in [1.54, 1.807) is 12.3 Å². The third kappa shape index (κ3) is 4.28. The minimum atomic E-state index is -0.609. The summed E-state index contributed by atoms with van der Waals surface area (Å²) in [6.07, 6.45) is 1.60. The van der Waals surface area contributed by atoms with E-state index in [2.05, 4.69) is 10.3 Å². The predicted octanol–water partition coefficient (Wildman–Crippen LogP) is 3.05. The molecule has 0 fully saturated rings. The fourth-order valence-corrected chi connectivity index (χ4v) is 1.71. The lowest BCUT2D eigenvalue weighted by Gasteiger charge is -2.07. The van der Waals surface area contributed by atoms with Gasteiger partial charge in [0, 0.05) is 12.6 Å². The summed E-state index contributed by atoms with van der Waals surface area (Å²) in [6.45, 7) is 3.70. The lowest BCUT2D eigenvalue weighted by molar-refractivity contribution is 0.303. The monoisotopic (exact) mass is 278 g/mol. The second kappa shape index (κ2) is 6.96. The van der Waals surface area contributed by atoms with Crippen LogP contribution in [0.3, 0.4) is 0 Å². The van der Waals surface area contributed by atoms with Gasteiger partial charge in [0.15, 0.2) is 0 Å². The normalized spacial score (nSPS) is 10.6. The molecule has 0 spiro atoms. The minimum Gasteiger partial charge on any atom is -0.487 e. The van der Waals surface area contributed by atoms with Crippen molar-refractivity contribution in [3.8, 4) is 5.75 Å². The second-order valence-electron chi connectivity index (χ2n) is 4.33. The van der Waals surface area contributed by atoms with Crippen molar-refractivity contribution in [1.29, 1.82) is 0 Å². The standard InChI is InChI=1S/C15H16F2N2O/c1-2-18-8-14-3-4-15(9-19-14)20-10-11-5-12(16)7-13(17)6-11/h3-7,9,18H,2,8,10H2,1H3. The van der Waals surface area contributed by atoms with Crippen LogP contribution in [0.15, 0.2) is 36.5 Å². The van der Waals surface area contributed by atoms with E-state index in [1.807, 2.05) is 13.0 Å². The average molecular weight is 278 g/mol. The van der Waals surface area contributed by atoms with Gasteiger partial charge >= 0.3 is 0 Å². The number of ether oxygens (including phenoxy) is 1. The van der Waals surface area contributed by atoms with Crippen LogP contribution in [0.2, 0.25) is 0 Å². The molecule has 3 nitrogen and oxygen atoms in total. The van der Waals surface area contributed by atoms with Crippen molar-refractivity contribution in [1.82, 2.24) is 10.3 Å². The molecule has 0 unspecified atom stereocenters. The van der Waals surface area contributed by atoms with Crippen molar-refractivity contribution < 1.29 is 13.5 Å². The largest absolute Gasteiger partial charge is 0.487 e. The first-order valence-electron chi connectivity index (χ1n) is 6.41. The molecule has 0 atom stereocenters. The van der Waals surface area contributed by atoms with E-state index in [4.69, 9.17) is 4.74 Å². The molecule has 5 heteroatoms. The summed E-state index contributed by atoms with van der Waals surface area (Å²) < 4.78 is 31.5. The fraction of sp³-hybridized carbons (Fsp3) is 0.267. The molecule has 0 bridgehead atoms. The fourth-order valence-electron chi connectivity index (χ4n) is 1.71. The van der Waals surface area contributed by atoms with Gasteiger partial charge in [-0.05, 0) is 36.4 Å². The number of nitrogens with zero attached hydrogens (tertiary/aromatic N) is 1. The van der Waals surface area contributed by atoms with Crippen molar-refractivity contribution in [3.63, 3.8) is 0 Å². The van der Waals surface area contributed by atoms with Gasteiger partial charge in [0.25, 0.3) is 0 Å². The molecular formula is C15H16F2N2O. The van der Waals surface area contributed by atoms with Gasteiger partial charge in [-0.15, -0.1) is 0 Å². The minimum absolute atomic E-state index is 0.100. The highest BCUT2D eigenvalue weighted by molar-refractivity contribution is 5.22. The van der Waals surface area contributed by atoms with Gasteiger partial charge in [-0.25, -0.2) is 8.78 Å². The molecule has 0 radical (unpaired) electrons. The SMILES string of the molecule is CCNCc1ccc(OCc2cc(F)cc(F)c2)cn1. The van der Waals surface area contributed by atoms with Crippen LogP contribution < -0.4 is 10.1 Å². The molecule has 0 saturated carbocycles. The zero-order valence-corrected chi connectivity index (χ0v) is 11.2. The molecule has 0 saturated heterocycles. The van der Waals surface area contributed by atoms with Crippen molar-refractivity contribution in [2.24, 2.45) is 0 Å². The van der Waals surface area contributed by atoms with Crippen LogP contribution in [0, 0.1) is 11.6 Å². The highest BCUT2D eigenvalue weighted by Gasteiger charge is 2.02. The van der Waals surface area contributed by atoms with Gasteiger partial charge in [0.1, 0.15) is 24.0 Å². The maximum atomic E-state index is 13.0. The highest BCUT2D eigenvalue weighted by atomic mass is 19.1. The quantitative estimate of drug-likeness (QED) is 0.882. The van der Waals surface area contributed by atoms with Gasteiger partial charge < -0.3 is 10.1 Å². The Morgan fingerprint density at radius 2 is 1.90 bits per heavy atom. The Bertz CT molecular complexity index is 538. The Kier molecular flexibility index (Phi) is 5.01. The molecule has 0 amide bonds. The van der Waals surface area contributed by atoms with Gasteiger partial charge in [-0.2, -0.15) is 0 Å². The molecule has 2 rings (SSSR count). The number of halogens is 2. The summed E-state index contributed by atoms with van der Waals surface area (Å²) in [5, 5.41) is 3.17. The van der Waals surface area contributed by atoms with Crippen LogP contribution in [0.25, 0.3) is 0 Å². The second-order valence-corrected chi connectivity index (χ2v) is 4.33. The highest BCUT2D eigenvalue weighted by Crippen LogP contribution is 2.14. The van der Waals surface area contributed by atoms with Crippen LogP contribution in [-0.2, 0) is 13.2 Å². The zero-order valence-electron chi connectivity index (χ0n) is 11.2. The topological polar surface area (TPSA) is 34.1 Å². The number of hydrogen-bond acceptors (Lipinski definition) is 3. The maximum Gasteiger partial charge on any atom is 0.138 e. The Morgan fingerprint density at radius 1 is 1.15 bits per heavy atom. The van der Waals surface area contributed by atoms with Crippen LogP contribution >= 0.6 is 0 Å². The van der Waals surface area contributed by atoms with Crippen LogP contribution in [0.4, 0.5) is 8.78 Å². The van der Waals surface area contributed by atoms with E-state index < -0.39 is 11.6 Å². The van der Waals surface area contributed by atoms with Crippen molar-refractivity contribution in [2.45, 2.75) is 20.1 Å². The molecule has 20 heavy (non-hydrogen) atoms. The first-order valence-corrected chi connectivity index (χ1v) is 6.41. The van der Waals surface area contributed by atoms with Crippen LogP contribution in [0.1, 0.15) is 18.2 Å². The van der Waals surface area contributed by atoms with Gasteiger partial charge in [0.2, 0.25) is 0 Å². The molecule has 106 valence electrons. The van der Waals surface area contributed by atoms with E-state index in [1.165, 1.54) is 12.1 Å². The molecule has 1 aromatic heterocycles. The van der Waals surface area contributed by atoms with Crippen LogP contribution in [0.5, 0.6) is 5.75 Å². The number of nitrogens with one attached hydrogen (secondary N) is 1. The lowest BCUT2D eigenvalue weighted by Crippen LogP contribution is -2.12. The molecular weight excluding hydrogens is 262 g/mol. The number of hydrogen-bond donors (Lipinski definition) is 1. The third-order valence-corrected chi connectivity index (χ3v) is 2.68. The number of aromatic nitrogens is 1. The van der Waals surface area contributed by atoms with E-state index >= 15 is 0 Å². The van der Waals surface area contributed by atoms with Gasteiger partial charge in [-0.3, -0.25) is 4.98 Å². The molecule has 1 heterocycles. The molecule has 0 aliphatic carbocycles. The molecule has 1 aromatic carbocycles. The number of benzene rings is 1. The van der Waals surface area contributed by atoms with Gasteiger partial charge in [0.05, 0.1) is 11.9 Å². The van der Waals surface area contributed by atoms with E-state index in [0.29, 0.717) is 17.9 Å². The van der Waals surface area contributed by atoms with E-state index in [9.17, 15) is 8.78 Å². The average Bonchev–Trinajstić information content (AvgIpc) is 2.43. The van der Waals surface area contributed by atoms with Crippen molar-refractivity contribution in [3.05, 3.63) is 59.4 Å². The first-order chi connectivity index (χ1) is 9.67. The van der Waals surface area contributed by atoms with Crippen LogP contribution in [-0.4, -0.2) is 11.5 Å². The zero-order chi connectivity index (χ0) is 14.4. The summed E-state index contributed by atoms with van der Waals surface area (Å²) in [6, 6.07) is 6.96. The predicted molar refractivity (Wildman–Crippen MR) is 72.3 cm³/mol. The van der Waals surface area contributed by atoms with Gasteiger partial charge in [-0.1, -0.05) is 6.92 Å². The smallest absolute Gasteiger partial charge is 0.138 e. The third-order valence-electron chi connectivity index (χ3n) is 2.68. The summed E-state index contributed by atoms with van der Waals surface area (Å²) in [5.41, 5.74) is 1.36. The Morgan fingerprint density at radius 3 is 2.50 bits per heavy atom. The van der Waals surface area contributed by atoms with Crippen molar-refractivity contribution in [2.75, 3.05) is 6.54 Å². The Hall–Kier alpha value is -2.01. The maximum absolute atomic E-state index is 13.0. The van der Waals surface area contributed by atoms with Crippen molar-refractivity contribution >= 4 is 0 Å². The summed E-state index contributed by atoms with van der Waals surface area (Å²) in [5.74, 6) is -0.652. The van der Waals surface area contributed by atoms with E-state index in [0.717, 1.165) is 18.3 Å². The summed E-state index contributed by atoms with van der Waals surface area (Å²) in [4.78, 5) is 4.23. The molecule has 2 aromatic rings. The Labute approximate surface area is 116 Å². The summed E-state index contributed by atoms with van der Waals surface area (Å²) in [7, 11) is 0. The Balaban J connectivity index is 1.93. The first kappa shape index (κ1) is 14.4. The van der Waals surface area contributed by atoms with E-state index in [-0.39, 0.29) is 6.61 Å². The molecule has 0 aliphatic rings. The summed E-state index contributed by atoms with van der Waals surface area (Å²) >= 11 is 0.